The van der Waals surface area contributed by atoms with Gasteiger partial charge in [-0.2, -0.15) is 0 Å². The van der Waals surface area contributed by atoms with Gasteiger partial charge in [0.1, 0.15) is 0 Å². The van der Waals surface area contributed by atoms with Gasteiger partial charge in [-0.05, 0) is 19.3 Å². The summed E-state index contributed by atoms with van der Waals surface area (Å²) < 4.78 is 7.33. The Hall–Kier alpha value is -1.36. The van der Waals surface area contributed by atoms with Gasteiger partial charge < -0.3 is 14.6 Å². The predicted molar refractivity (Wildman–Crippen MR) is 65.8 cm³/mol. The first kappa shape index (κ1) is 11.7. The number of carbonyl (C=O) groups is 1. The van der Waals surface area contributed by atoms with Crippen molar-refractivity contribution in [1.82, 2.24) is 14.9 Å². The number of hydrogen-bond donors (Lipinski definition) is 1. The van der Waals surface area contributed by atoms with Crippen molar-refractivity contribution in [1.29, 1.82) is 0 Å². The van der Waals surface area contributed by atoms with Crippen molar-refractivity contribution < 1.29 is 9.53 Å². The van der Waals surface area contributed by atoms with Crippen LogP contribution in [0.15, 0.2) is 18.7 Å². The smallest absolute Gasteiger partial charge is 0.225 e. The number of nitrogens with zero attached hydrogens (tertiary/aromatic N) is 2. The van der Waals surface area contributed by atoms with Crippen LogP contribution in [0.5, 0.6) is 0 Å². The molecule has 1 amide bonds. The lowest BCUT2D eigenvalue weighted by Gasteiger charge is -2.18. The van der Waals surface area contributed by atoms with Crippen LogP contribution in [0, 0.1) is 11.3 Å². The first-order chi connectivity index (χ1) is 8.77. The normalized spacial score (nSPS) is 25.0. The van der Waals surface area contributed by atoms with Gasteiger partial charge in [-0.15, -0.1) is 0 Å². The van der Waals surface area contributed by atoms with E-state index in [-0.39, 0.29) is 17.2 Å². The quantitative estimate of drug-likeness (QED) is 0.840. The summed E-state index contributed by atoms with van der Waals surface area (Å²) in [7, 11) is 0. The molecule has 18 heavy (non-hydrogen) atoms. The first-order valence-electron chi connectivity index (χ1n) is 6.59. The van der Waals surface area contributed by atoms with Crippen LogP contribution in [0.2, 0.25) is 0 Å². The molecule has 1 N–H and O–H groups in total. The zero-order valence-electron chi connectivity index (χ0n) is 10.5. The highest BCUT2D eigenvalue weighted by molar-refractivity contribution is 5.79. The van der Waals surface area contributed by atoms with Gasteiger partial charge in [0.2, 0.25) is 5.91 Å². The molecule has 5 heteroatoms. The van der Waals surface area contributed by atoms with Gasteiger partial charge in [-0.25, -0.2) is 4.98 Å². The van der Waals surface area contributed by atoms with E-state index in [0.29, 0.717) is 6.61 Å². The monoisotopic (exact) mass is 249 g/mol. The lowest BCUT2D eigenvalue weighted by molar-refractivity contribution is -0.125. The van der Waals surface area contributed by atoms with Crippen LogP contribution in [0.25, 0.3) is 0 Å². The molecule has 5 nitrogen and oxygen atoms in total. The third-order valence-electron chi connectivity index (χ3n) is 3.97. The van der Waals surface area contributed by atoms with Crippen molar-refractivity contribution in [3.63, 3.8) is 0 Å². The third kappa shape index (κ3) is 2.56. The Morgan fingerprint density at radius 1 is 1.56 bits per heavy atom. The van der Waals surface area contributed by atoms with Gasteiger partial charge in [0, 0.05) is 37.5 Å². The first-order valence-corrected chi connectivity index (χ1v) is 6.59. The van der Waals surface area contributed by atoms with Crippen LogP contribution in [-0.2, 0) is 16.1 Å². The molecule has 1 atom stereocenters. The number of carbonyl (C=O) groups excluding carboxylic acids is 1. The number of rotatable bonds is 5. The van der Waals surface area contributed by atoms with Crippen molar-refractivity contribution in [2.45, 2.75) is 25.8 Å². The second kappa shape index (κ2) is 4.72. The van der Waals surface area contributed by atoms with Crippen LogP contribution in [-0.4, -0.2) is 35.2 Å². The van der Waals surface area contributed by atoms with Crippen molar-refractivity contribution in [2.75, 3.05) is 19.8 Å². The molecule has 2 heterocycles. The minimum Gasteiger partial charge on any atom is -0.381 e. The Bertz CT molecular complexity index is 406. The van der Waals surface area contributed by atoms with Crippen LogP contribution in [0.1, 0.15) is 19.3 Å². The zero-order chi connectivity index (χ0) is 12.4. The molecule has 1 aliphatic carbocycles. The van der Waals surface area contributed by atoms with E-state index in [1.807, 2.05) is 12.5 Å². The van der Waals surface area contributed by atoms with Crippen LogP contribution in [0.3, 0.4) is 0 Å². The summed E-state index contributed by atoms with van der Waals surface area (Å²) in [5.41, 5.74) is 0.260. The molecule has 1 aromatic rings. The lowest BCUT2D eigenvalue weighted by atomic mass is 10.1. The lowest BCUT2D eigenvalue weighted by Crippen LogP contribution is -2.36. The number of nitrogens with one attached hydrogen (secondary N) is 1. The predicted octanol–water partition coefficient (Wildman–Crippen LogP) is 0.816. The molecule has 1 aliphatic heterocycles. The van der Waals surface area contributed by atoms with Crippen molar-refractivity contribution in [3.05, 3.63) is 18.7 Å². The largest absolute Gasteiger partial charge is 0.381 e. The molecule has 0 unspecified atom stereocenters. The average Bonchev–Trinajstić information content (AvgIpc) is 2.84. The molecule has 1 saturated carbocycles. The number of imidazole rings is 1. The van der Waals surface area contributed by atoms with E-state index in [1.165, 1.54) is 12.8 Å². The van der Waals surface area contributed by atoms with Crippen LogP contribution < -0.4 is 5.32 Å². The van der Waals surface area contributed by atoms with E-state index in [0.717, 1.165) is 26.1 Å². The molecule has 3 rings (SSSR count). The Kier molecular flexibility index (Phi) is 3.07. The molecular weight excluding hydrogens is 230 g/mol. The fourth-order valence-corrected chi connectivity index (χ4v) is 2.50. The van der Waals surface area contributed by atoms with Gasteiger partial charge in [0.05, 0.1) is 18.9 Å². The summed E-state index contributed by atoms with van der Waals surface area (Å²) in [6.45, 7) is 3.04. The molecule has 0 bridgehead atoms. The third-order valence-corrected chi connectivity index (χ3v) is 3.97. The number of amides is 1. The van der Waals surface area contributed by atoms with E-state index in [1.54, 1.807) is 6.20 Å². The van der Waals surface area contributed by atoms with Gasteiger partial charge in [0.25, 0.3) is 0 Å². The summed E-state index contributed by atoms with van der Waals surface area (Å²) in [5, 5.41) is 3.09. The highest BCUT2D eigenvalue weighted by atomic mass is 16.5. The van der Waals surface area contributed by atoms with Gasteiger partial charge in [-0.3, -0.25) is 4.79 Å². The molecule has 0 aromatic carbocycles. The van der Waals surface area contributed by atoms with E-state index in [9.17, 15) is 4.79 Å². The Morgan fingerprint density at radius 3 is 3.06 bits per heavy atom. The molecule has 1 saturated heterocycles. The van der Waals surface area contributed by atoms with Gasteiger partial charge >= 0.3 is 0 Å². The SMILES string of the molecule is O=C(NCC1(Cn2ccnc2)CC1)[C@H]1CCOC1. The van der Waals surface area contributed by atoms with Crippen molar-refractivity contribution in [2.24, 2.45) is 11.3 Å². The summed E-state index contributed by atoms with van der Waals surface area (Å²) in [5.74, 6) is 0.221. The zero-order valence-corrected chi connectivity index (χ0v) is 10.5. The van der Waals surface area contributed by atoms with Crippen molar-refractivity contribution >= 4 is 5.91 Å². The Labute approximate surface area is 107 Å². The van der Waals surface area contributed by atoms with Crippen molar-refractivity contribution in [3.8, 4) is 0 Å². The summed E-state index contributed by atoms with van der Waals surface area (Å²) in [4.78, 5) is 16.0. The van der Waals surface area contributed by atoms with E-state index in [4.69, 9.17) is 4.74 Å². The van der Waals surface area contributed by atoms with E-state index >= 15 is 0 Å². The minimum absolute atomic E-state index is 0.0639. The highest BCUT2D eigenvalue weighted by Gasteiger charge is 2.43. The topological polar surface area (TPSA) is 56.2 Å². The Balaban J connectivity index is 1.49. The fourth-order valence-electron chi connectivity index (χ4n) is 2.50. The summed E-state index contributed by atoms with van der Waals surface area (Å²) >= 11 is 0. The standard InChI is InChI=1S/C13H19N3O2/c17-12(11-1-6-18-7-11)15-8-13(2-3-13)9-16-5-4-14-10-16/h4-5,10-11H,1-3,6-9H2,(H,15,17)/t11-/m0/s1. The number of aromatic nitrogens is 2. The second-order valence-electron chi connectivity index (χ2n) is 5.51. The molecule has 98 valence electrons. The number of hydrogen-bond acceptors (Lipinski definition) is 3. The molecule has 2 aliphatic rings. The minimum atomic E-state index is 0.0639. The highest BCUT2D eigenvalue weighted by Crippen LogP contribution is 2.46. The van der Waals surface area contributed by atoms with Crippen LogP contribution >= 0.6 is 0 Å². The molecule has 0 spiro atoms. The van der Waals surface area contributed by atoms with E-state index in [2.05, 4.69) is 14.9 Å². The maximum atomic E-state index is 11.9. The molecular formula is C13H19N3O2. The molecule has 1 aromatic heterocycles. The molecule has 2 fully saturated rings. The average molecular weight is 249 g/mol. The van der Waals surface area contributed by atoms with Gasteiger partial charge in [-0.1, -0.05) is 0 Å². The summed E-state index contributed by atoms with van der Waals surface area (Å²) in [6, 6.07) is 0. The van der Waals surface area contributed by atoms with E-state index < -0.39 is 0 Å². The summed E-state index contributed by atoms with van der Waals surface area (Å²) in [6.07, 6.45) is 8.85. The molecule has 0 radical (unpaired) electrons. The van der Waals surface area contributed by atoms with Gasteiger partial charge in [0.15, 0.2) is 0 Å². The van der Waals surface area contributed by atoms with Crippen LogP contribution in [0.4, 0.5) is 0 Å². The number of ether oxygens (including phenoxy) is 1. The maximum Gasteiger partial charge on any atom is 0.225 e. The Morgan fingerprint density at radius 2 is 2.44 bits per heavy atom. The fraction of sp³-hybridized carbons (Fsp3) is 0.692. The second-order valence-corrected chi connectivity index (χ2v) is 5.51. The maximum absolute atomic E-state index is 11.9.